The van der Waals surface area contributed by atoms with Gasteiger partial charge in [-0.3, -0.25) is 4.79 Å². The normalized spacial score (nSPS) is 19.2. The maximum absolute atomic E-state index is 12.5. The second kappa shape index (κ2) is 5.35. The third-order valence-electron chi connectivity index (χ3n) is 3.60. The molecule has 1 aliphatic rings. The first-order valence-corrected chi connectivity index (χ1v) is 8.44. The first-order valence-electron chi connectivity index (χ1n) is 6.18. The summed E-state index contributed by atoms with van der Waals surface area (Å²) in [5.41, 5.74) is 0.426. The number of sulfonamides is 1. The molecule has 2 rings (SSSR count). The lowest BCUT2D eigenvalue weighted by atomic mass is 10.1. The van der Waals surface area contributed by atoms with Crippen LogP contribution in [-0.4, -0.2) is 55.8 Å². The maximum atomic E-state index is 12.5. The van der Waals surface area contributed by atoms with Crippen LogP contribution in [0.15, 0.2) is 9.00 Å². The van der Waals surface area contributed by atoms with E-state index >= 15 is 0 Å². The van der Waals surface area contributed by atoms with Crippen molar-refractivity contribution in [3.05, 3.63) is 15.4 Å². The second-order valence-corrected chi connectivity index (χ2v) is 8.16. The molecule has 0 aliphatic carbocycles. The predicted molar refractivity (Wildman–Crippen MR) is 75.1 cm³/mol. The average Bonchev–Trinajstić information content (AvgIpc) is 2.69. The van der Waals surface area contributed by atoms with Gasteiger partial charge < -0.3 is 9.88 Å². The number of nitrogens with one attached hydrogen (secondary N) is 1. The average molecular weight is 305 g/mol. The Morgan fingerprint density at radius 3 is 2.42 bits per heavy atom. The number of likely N-dealkylation sites (tertiary alicyclic amines) is 1. The number of hydrogen-bond donors (Lipinski definition) is 1. The quantitative estimate of drug-likeness (QED) is 0.880. The molecule has 0 unspecified atom stereocenters. The van der Waals surface area contributed by atoms with E-state index in [0.717, 1.165) is 37.3 Å². The fourth-order valence-corrected chi connectivity index (χ4v) is 5.20. The summed E-state index contributed by atoms with van der Waals surface area (Å²) in [4.78, 5) is 15.7. The van der Waals surface area contributed by atoms with E-state index in [1.807, 2.05) is 7.05 Å². The van der Waals surface area contributed by atoms with Crippen LogP contribution in [-0.2, 0) is 10.0 Å². The molecule has 1 aromatic heterocycles. The minimum Gasteiger partial charge on any atom is -0.315 e. The monoisotopic (exact) mass is 305 g/mol. The molecule has 2 heterocycles. The molecule has 0 amide bonds. The van der Waals surface area contributed by atoms with Crippen molar-refractivity contribution in [3.8, 4) is 0 Å². The third kappa shape index (κ3) is 2.91. The lowest BCUT2D eigenvalue weighted by Gasteiger charge is -2.34. The molecule has 8 heteroatoms. The summed E-state index contributed by atoms with van der Waals surface area (Å²) >= 11 is 0.763. The Hall–Kier alpha value is -0.700. The van der Waals surface area contributed by atoms with Crippen LogP contribution in [0.5, 0.6) is 0 Å². The van der Waals surface area contributed by atoms with Crippen LogP contribution < -0.4 is 4.87 Å². The van der Waals surface area contributed by atoms with Crippen molar-refractivity contribution in [1.29, 1.82) is 0 Å². The van der Waals surface area contributed by atoms with Crippen LogP contribution in [0.4, 0.5) is 0 Å². The fourth-order valence-electron chi connectivity index (χ4n) is 2.32. The van der Waals surface area contributed by atoms with Gasteiger partial charge in [-0.2, -0.15) is 4.31 Å². The van der Waals surface area contributed by atoms with Crippen molar-refractivity contribution in [1.82, 2.24) is 14.2 Å². The molecule has 1 aromatic rings. The standard InChI is InChI=1S/C11H19N3O3S2/c1-8-10(18-11(15)12-8)19(16,17)14(3)9-4-6-13(2)7-5-9/h9H,4-7H2,1-3H3,(H,12,15). The van der Waals surface area contributed by atoms with E-state index in [2.05, 4.69) is 9.88 Å². The molecular weight excluding hydrogens is 286 g/mol. The molecule has 6 nitrogen and oxygen atoms in total. The van der Waals surface area contributed by atoms with Crippen LogP contribution in [0.25, 0.3) is 0 Å². The zero-order valence-electron chi connectivity index (χ0n) is 11.3. The van der Waals surface area contributed by atoms with Crippen molar-refractivity contribution < 1.29 is 8.42 Å². The molecule has 0 radical (unpaired) electrons. The molecule has 19 heavy (non-hydrogen) atoms. The highest BCUT2D eigenvalue weighted by atomic mass is 32.2. The van der Waals surface area contributed by atoms with Gasteiger partial charge in [0.15, 0.2) is 4.21 Å². The fraction of sp³-hybridized carbons (Fsp3) is 0.727. The molecule has 1 fully saturated rings. The summed E-state index contributed by atoms with van der Waals surface area (Å²) in [6.45, 7) is 3.41. The minimum absolute atomic E-state index is 0.0119. The van der Waals surface area contributed by atoms with E-state index < -0.39 is 10.0 Å². The molecular formula is C11H19N3O3S2. The Morgan fingerprint density at radius 1 is 1.37 bits per heavy atom. The van der Waals surface area contributed by atoms with E-state index in [-0.39, 0.29) is 15.1 Å². The maximum Gasteiger partial charge on any atom is 0.305 e. The molecule has 1 saturated heterocycles. The number of nitrogens with zero attached hydrogens (tertiary/aromatic N) is 2. The topological polar surface area (TPSA) is 73.5 Å². The molecule has 0 atom stereocenters. The van der Waals surface area contributed by atoms with Crippen molar-refractivity contribution in [2.75, 3.05) is 27.2 Å². The van der Waals surface area contributed by atoms with Crippen LogP contribution in [0.3, 0.4) is 0 Å². The van der Waals surface area contributed by atoms with Crippen LogP contribution in [0.1, 0.15) is 18.5 Å². The van der Waals surface area contributed by atoms with Crippen molar-refractivity contribution in [2.24, 2.45) is 0 Å². The van der Waals surface area contributed by atoms with Gasteiger partial charge in [-0.15, -0.1) is 0 Å². The van der Waals surface area contributed by atoms with Crippen molar-refractivity contribution in [3.63, 3.8) is 0 Å². The Kier molecular flexibility index (Phi) is 4.14. The van der Waals surface area contributed by atoms with Gasteiger partial charge in [0, 0.05) is 18.8 Å². The lowest BCUT2D eigenvalue weighted by molar-refractivity contribution is 0.198. The Labute approximate surface area is 117 Å². The van der Waals surface area contributed by atoms with Gasteiger partial charge in [-0.05, 0) is 39.9 Å². The first kappa shape index (κ1) is 14.7. The highest BCUT2D eigenvalue weighted by molar-refractivity contribution is 7.91. The number of aromatic amines is 1. The second-order valence-electron chi connectivity index (χ2n) is 4.98. The Balaban J connectivity index is 2.24. The Morgan fingerprint density at radius 2 is 1.95 bits per heavy atom. The molecule has 1 aliphatic heterocycles. The van der Waals surface area contributed by atoms with Gasteiger partial charge in [-0.1, -0.05) is 11.3 Å². The Bertz CT molecular complexity index is 597. The van der Waals surface area contributed by atoms with Crippen LogP contribution >= 0.6 is 11.3 Å². The molecule has 0 saturated carbocycles. The number of H-pyrrole nitrogens is 1. The van der Waals surface area contributed by atoms with Gasteiger partial charge in [0.2, 0.25) is 0 Å². The predicted octanol–water partition coefficient (Wildman–Crippen LogP) is 0.460. The highest BCUT2D eigenvalue weighted by Gasteiger charge is 2.32. The van der Waals surface area contributed by atoms with Gasteiger partial charge >= 0.3 is 4.87 Å². The van der Waals surface area contributed by atoms with E-state index in [4.69, 9.17) is 0 Å². The van der Waals surface area contributed by atoms with Gasteiger partial charge in [-0.25, -0.2) is 8.42 Å². The summed E-state index contributed by atoms with van der Waals surface area (Å²) in [5.74, 6) is 0. The summed E-state index contributed by atoms with van der Waals surface area (Å²) in [5, 5.41) is 0. The van der Waals surface area contributed by atoms with Crippen molar-refractivity contribution in [2.45, 2.75) is 30.0 Å². The number of rotatable bonds is 3. The summed E-state index contributed by atoms with van der Waals surface area (Å²) in [6, 6.07) is 0.0119. The van der Waals surface area contributed by atoms with Crippen molar-refractivity contribution >= 4 is 21.4 Å². The highest BCUT2D eigenvalue weighted by Crippen LogP contribution is 2.25. The zero-order valence-corrected chi connectivity index (χ0v) is 13.0. The number of aromatic nitrogens is 1. The molecule has 1 N–H and O–H groups in total. The lowest BCUT2D eigenvalue weighted by Crippen LogP contribution is -2.44. The number of hydrogen-bond acceptors (Lipinski definition) is 5. The van der Waals surface area contributed by atoms with E-state index in [9.17, 15) is 13.2 Å². The van der Waals surface area contributed by atoms with Gasteiger partial charge in [0.05, 0.1) is 0 Å². The number of piperidine rings is 1. The molecule has 108 valence electrons. The number of thiazole rings is 1. The van der Waals surface area contributed by atoms with Crippen LogP contribution in [0, 0.1) is 6.92 Å². The molecule has 0 aromatic carbocycles. The minimum atomic E-state index is -3.56. The smallest absolute Gasteiger partial charge is 0.305 e. The SMILES string of the molecule is Cc1[nH]c(=O)sc1S(=O)(=O)N(C)C1CCN(C)CC1. The molecule has 0 bridgehead atoms. The first-order chi connectivity index (χ1) is 8.82. The summed E-state index contributed by atoms with van der Waals surface area (Å²) in [6.07, 6.45) is 1.65. The zero-order chi connectivity index (χ0) is 14.2. The number of aryl methyl sites for hydroxylation is 1. The van der Waals surface area contributed by atoms with Crippen LogP contribution in [0.2, 0.25) is 0 Å². The molecule has 0 spiro atoms. The largest absolute Gasteiger partial charge is 0.315 e. The van der Waals surface area contributed by atoms with Gasteiger partial charge in [0.1, 0.15) is 0 Å². The summed E-state index contributed by atoms with van der Waals surface area (Å²) < 4.78 is 26.6. The van der Waals surface area contributed by atoms with E-state index in [1.54, 1.807) is 14.0 Å². The van der Waals surface area contributed by atoms with E-state index in [1.165, 1.54) is 4.31 Å². The third-order valence-corrected chi connectivity index (χ3v) is 7.09. The van der Waals surface area contributed by atoms with Gasteiger partial charge in [0.25, 0.3) is 10.0 Å². The van der Waals surface area contributed by atoms with E-state index in [0.29, 0.717) is 5.69 Å². The summed E-state index contributed by atoms with van der Waals surface area (Å²) in [7, 11) is 0.0768.